The van der Waals surface area contributed by atoms with Crippen LogP contribution >= 0.6 is 15.9 Å². The van der Waals surface area contributed by atoms with Gasteiger partial charge in [-0.05, 0) is 51.7 Å². The quantitative estimate of drug-likeness (QED) is 0.899. The van der Waals surface area contributed by atoms with Gasteiger partial charge in [0.05, 0.1) is 6.61 Å². The standard InChI is InChI=1S/C15H16BrNO/c1-11-2-7-14(16)15(8-11)17-9-12-3-5-13(10-18)6-4-12/h2-8,17-18H,9-10H2,1H3. The number of hydrogen-bond acceptors (Lipinski definition) is 2. The van der Waals surface area contributed by atoms with Gasteiger partial charge < -0.3 is 10.4 Å². The summed E-state index contributed by atoms with van der Waals surface area (Å²) in [6, 6.07) is 14.2. The van der Waals surface area contributed by atoms with Crippen molar-refractivity contribution in [1.29, 1.82) is 0 Å². The minimum atomic E-state index is 0.0944. The van der Waals surface area contributed by atoms with Crippen LogP contribution < -0.4 is 5.32 Å². The van der Waals surface area contributed by atoms with Crippen LogP contribution in [-0.4, -0.2) is 5.11 Å². The van der Waals surface area contributed by atoms with Gasteiger partial charge >= 0.3 is 0 Å². The second kappa shape index (κ2) is 6.03. The average Bonchev–Trinajstić information content (AvgIpc) is 2.40. The summed E-state index contributed by atoms with van der Waals surface area (Å²) in [5, 5.41) is 12.4. The molecule has 0 amide bonds. The molecule has 0 aliphatic heterocycles. The van der Waals surface area contributed by atoms with Crippen molar-refractivity contribution in [2.45, 2.75) is 20.1 Å². The van der Waals surface area contributed by atoms with Crippen molar-refractivity contribution in [2.24, 2.45) is 0 Å². The molecule has 0 heterocycles. The summed E-state index contributed by atoms with van der Waals surface area (Å²) in [6.07, 6.45) is 0. The molecule has 2 rings (SSSR count). The molecule has 94 valence electrons. The van der Waals surface area contributed by atoms with Crippen molar-refractivity contribution >= 4 is 21.6 Å². The first-order valence-corrected chi connectivity index (χ1v) is 6.67. The van der Waals surface area contributed by atoms with E-state index < -0.39 is 0 Å². The van der Waals surface area contributed by atoms with Crippen LogP contribution in [0.4, 0.5) is 5.69 Å². The molecule has 0 radical (unpaired) electrons. The third kappa shape index (κ3) is 3.34. The molecule has 0 bridgehead atoms. The highest BCUT2D eigenvalue weighted by molar-refractivity contribution is 9.10. The lowest BCUT2D eigenvalue weighted by molar-refractivity contribution is 0.282. The van der Waals surface area contributed by atoms with E-state index in [1.807, 2.05) is 30.3 Å². The Bertz CT molecular complexity index is 523. The zero-order valence-electron chi connectivity index (χ0n) is 10.3. The summed E-state index contributed by atoms with van der Waals surface area (Å²) in [7, 11) is 0. The van der Waals surface area contributed by atoms with E-state index in [2.05, 4.69) is 40.3 Å². The third-order valence-electron chi connectivity index (χ3n) is 2.81. The summed E-state index contributed by atoms with van der Waals surface area (Å²) in [5.41, 5.74) is 4.47. The number of benzene rings is 2. The Hall–Kier alpha value is -1.32. The number of hydrogen-bond donors (Lipinski definition) is 2. The first-order chi connectivity index (χ1) is 8.69. The van der Waals surface area contributed by atoms with Crippen LogP contribution in [0.5, 0.6) is 0 Å². The molecule has 0 saturated heterocycles. The lowest BCUT2D eigenvalue weighted by atomic mass is 10.1. The Morgan fingerprint density at radius 2 is 1.72 bits per heavy atom. The Labute approximate surface area is 116 Å². The molecule has 0 aromatic heterocycles. The SMILES string of the molecule is Cc1ccc(Br)c(NCc2ccc(CO)cc2)c1. The van der Waals surface area contributed by atoms with Crippen molar-refractivity contribution in [1.82, 2.24) is 0 Å². The molecular formula is C15H16BrNO. The van der Waals surface area contributed by atoms with Crippen LogP contribution in [0.15, 0.2) is 46.9 Å². The number of aryl methyl sites for hydroxylation is 1. The van der Waals surface area contributed by atoms with Crippen LogP contribution in [0, 0.1) is 6.92 Å². The van der Waals surface area contributed by atoms with Crippen LogP contribution in [0.25, 0.3) is 0 Å². The maximum Gasteiger partial charge on any atom is 0.0681 e. The molecule has 0 unspecified atom stereocenters. The Kier molecular flexibility index (Phi) is 4.39. The molecule has 2 aromatic carbocycles. The number of rotatable bonds is 4. The molecule has 2 N–H and O–H groups in total. The molecule has 2 aromatic rings. The van der Waals surface area contributed by atoms with Crippen molar-refractivity contribution in [2.75, 3.05) is 5.32 Å². The van der Waals surface area contributed by atoms with Gasteiger partial charge in [0, 0.05) is 16.7 Å². The monoisotopic (exact) mass is 305 g/mol. The molecule has 0 atom stereocenters. The highest BCUT2D eigenvalue weighted by atomic mass is 79.9. The summed E-state index contributed by atoms with van der Waals surface area (Å²) < 4.78 is 1.07. The van der Waals surface area contributed by atoms with E-state index >= 15 is 0 Å². The van der Waals surface area contributed by atoms with E-state index in [0.717, 1.165) is 22.3 Å². The highest BCUT2D eigenvalue weighted by Crippen LogP contribution is 2.23. The second-order valence-electron chi connectivity index (χ2n) is 4.31. The van der Waals surface area contributed by atoms with Crippen LogP contribution in [-0.2, 0) is 13.2 Å². The van der Waals surface area contributed by atoms with Gasteiger partial charge in [0.2, 0.25) is 0 Å². The van der Waals surface area contributed by atoms with Crippen LogP contribution in [0.1, 0.15) is 16.7 Å². The molecule has 2 nitrogen and oxygen atoms in total. The van der Waals surface area contributed by atoms with Crippen LogP contribution in [0.3, 0.4) is 0 Å². The molecule has 0 saturated carbocycles. The fourth-order valence-electron chi connectivity index (χ4n) is 1.73. The van der Waals surface area contributed by atoms with Gasteiger partial charge in [-0.15, -0.1) is 0 Å². The average molecular weight is 306 g/mol. The summed E-state index contributed by atoms with van der Waals surface area (Å²) >= 11 is 3.53. The van der Waals surface area contributed by atoms with Gasteiger partial charge in [0.1, 0.15) is 0 Å². The van der Waals surface area contributed by atoms with Crippen molar-refractivity contribution in [3.8, 4) is 0 Å². The van der Waals surface area contributed by atoms with Crippen LogP contribution in [0.2, 0.25) is 0 Å². The Morgan fingerprint density at radius 3 is 2.39 bits per heavy atom. The van der Waals surface area contributed by atoms with Gasteiger partial charge in [0.15, 0.2) is 0 Å². The summed E-state index contributed by atoms with van der Waals surface area (Å²) in [4.78, 5) is 0. The topological polar surface area (TPSA) is 32.3 Å². The largest absolute Gasteiger partial charge is 0.392 e. The normalized spacial score (nSPS) is 10.4. The smallest absolute Gasteiger partial charge is 0.0681 e. The van der Waals surface area contributed by atoms with E-state index in [4.69, 9.17) is 5.11 Å². The maximum absolute atomic E-state index is 8.98. The lowest BCUT2D eigenvalue weighted by Gasteiger charge is -2.10. The number of anilines is 1. The maximum atomic E-state index is 8.98. The molecule has 0 spiro atoms. The van der Waals surface area contributed by atoms with Gasteiger partial charge in [-0.3, -0.25) is 0 Å². The van der Waals surface area contributed by atoms with Crippen molar-refractivity contribution in [3.05, 3.63) is 63.6 Å². The Morgan fingerprint density at radius 1 is 1.06 bits per heavy atom. The van der Waals surface area contributed by atoms with E-state index in [1.165, 1.54) is 11.1 Å². The number of aliphatic hydroxyl groups excluding tert-OH is 1. The van der Waals surface area contributed by atoms with E-state index in [-0.39, 0.29) is 6.61 Å². The third-order valence-corrected chi connectivity index (χ3v) is 3.50. The minimum Gasteiger partial charge on any atom is -0.392 e. The number of nitrogens with one attached hydrogen (secondary N) is 1. The van der Waals surface area contributed by atoms with Crippen molar-refractivity contribution in [3.63, 3.8) is 0 Å². The molecule has 18 heavy (non-hydrogen) atoms. The molecule has 0 aliphatic rings. The lowest BCUT2D eigenvalue weighted by Crippen LogP contribution is -2.00. The van der Waals surface area contributed by atoms with Gasteiger partial charge in [-0.25, -0.2) is 0 Å². The van der Waals surface area contributed by atoms with Gasteiger partial charge in [0.25, 0.3) is 0 Å². The molecule has 0 fully saturated rings. The first kappa shape index (κ1) is 13.1. The zero-order valence-corrected chi connectivity index (χ0v) is 11.9. The molecular weight excluding hydrogens is 290 g/mol. The number of halogens is 1. The van der Waals surface area contributed by atoms with Gasteiger partial charge in [-0.1, -0.05) is 30.3 Å². The zero-order chi connectivity index (χ0) is 13.0. The molecule has 0 aliphatic carbocycles. The highest BCUT2D eigenvalue weighted by Gasteiger charge is 2.00. The predicted molar refractivity (Wildman–Crippen MR) is 78.6 cm³/mol. The van der Waals surface area contributed by atoms with E-state index in [0.29, 0.717) is 0 Å². The van der Waals surface area contributed by atoms with Gasteiger partial charge in [-0.2, -0.15) is 0 Å². The predicted octanol–water partition coefficient (Wildman–Crippen LogP) is 3.86. The first-order valence-electron chi connectivity index (χ1n) is 5.88. The number of aliphatic hydroxyl groups is 1. The molecule has 3 heteroatoms. The van der Waals surface area contributed by atoms with Crippen molar-refractivity contribution < 1.29 is 5.11 Å². The fourth-order valence-corrected chi connectivity index (χ4v) is 2.12. The second-order valence-corrected chi connectivity index (χ2v) is 5.17. The summed E-state index contributed by atoms with van der Waals surface area (Å²) in [6.45, 7) is 2.94. The minimum absolute atomic E-state index is 0.0944. The Balaban J connectivity index is 2.04. The fraction of sp³-hybridized carbons (Fsp3) is 0.200. The summed E-state index contributed by atoms with van der Waals surface area (Å²) in [5.74, 6) is 0. The van der Waals surface area contributed by atoms with E-state index in [9.17, 15) is 0 Å². The van der Waals surface area contributed by atoms with E-state index in [1.54, 1.807) is 0 Å².